The zero-order valence-electron chi connectivity index (χ0n) is 10.1. The third kappa shape index (κ3) is 2.96. The van der Waals surface area contributed by atoms with Gasteiger partial charge in [-0.15, -0.1) is 0 Å². The Balaban J connectivity index is 2.43. The third-order valence-corrected chi connectivity index (χ3v) is 3.72. The van der Waals surface area contributed by atoms with E-state index < -0.39 is 0 Å². The van der Waals surface area contributed by atoms with Crippen LogP contribution < -0.4 is 11.1 Å². The van der Waals surface area contributed by atoms with E-state index in [2.05, 4.69) is 33.0 Å². The molecule has 1 saturated carbocycles. The molecule has 1 aliphatic rings. The molecular weight excluding hydrogens is 172 g/mol. The molecular formula is C12H26N2. The van der Waals surface area contributed by atoms with E-state index >= 15 is 0 Å². The lowest BCUT2D eigenvalue weighted by atomic mass is 9.87. The number of nitrogens with two attached hydrogens (primary N) is 1. The van der Waals surface area contributed by atoms with Gasteiger partial charge in [0.15, 0.2) is 0 Å². The Kier molecular flexibility index (Phi) is 3.96. The highest BCUT2D eigenvalue weighted by atomic mass is 15.0. The Morgan fingerprint density at radius 1 is 1.36 bits per heavy atom. The van der Waals surface area contributed by atoms with Gasteiger partial charge in [-0.2, -0.15) is 0 Å². The summed E-state index contributed by atoms with van der Waals surface area (Å²) >= 11 is 0. The van der Waals surface area contributed by atoms with Gasteiger partial charge in [-0.05, 0) is 37.6 Å². The van der Waals surface area contributed by atoms with Gasteiger partial charge in [-0.25, -0.2) is 0 Å². The summed E-state index contributed by atoms with van der Waals surface area (Å²) in [6, 6.07) is 1.23. The van der Waals surface area contributed by atoms with Gasteiger partial charge in [0.2, 0.25) is 0 Å². The first-order valence-electron chi connectivity index (χ1n) is 5.91. The zero-order valence-corrected chi connectivity index (χ0v) is 10.1. The van der Waals surface area contributed by atoms with Crippen molar-refractivity contribution >= 4 is 0 Å². The summed E-state index contributed by atoms with van der Waals surface area (Å²) in [7, 11) is 0. The van der Waals surface area contributed by atoms with Gasteiger partial charge in [0, 0.05) is 12.1 Å². The first-order chi connectivity index (χ1) is 6.45. The van der Waals surface area contributed by atoms with Crippen LogP contribution in [0.1, 0.15) is 47.0 Å². The Morgan fingerprint density at radius 2 is 2.00 bits per heavy atom. The van der Waals surface area contributed by atoms with Gasteiger partial charge in [-0.1, -0.05) is 27.2 Å². The average Bonchev–Trinajstić information content (AvgIpc) is 2.50. The average molecular weight is 198 g/mol. The second-order valence-corrected chi connectivity index (χ2v) is 5.79. The minimum absolute atomic E-state index is 0.349. The fourth-order valence-corrected chi connectivity index (χ4v) is 2.11. The molecule has 3 atom stereocenters. The Hall–Kier alpha value is -0.0800. The van der Waals surface area contributed by atoms with Crippen LogP contribution in [0.4, 0.5) is 0 Å². The topological polar surface area (TPSA) is 38.0 Å². The summed E-state index contributed by atoms with van der Waals surface area (Å²) in [5.41, 5.74) is 6.12. The number of rotatable bonds is 3. The van der Waals surface area contributed by atoms with Crippen LogP contribution in [-0.4, -0.2) is 18.6 Å². The molecule has 3 unspecified atom stereocenters. The lowest BCUT2D eigenvalue weighted by Gasteiger charge is -2.33. The highest BCUT2D eigenvalue weighted by molar-refractivity contribution is 4.88. The van der Waals surface area contributed by atoms with E-state index in [4.69, 9.17) is 5.73 Å². The summed E-state index contributed by atoms with van der Waals surface area (Å²) in [4.78, 5) is 0. The van der Waals surface area contributed by atoms with Crippen LogP contribution in [0.3, 0.4) is 0 Å². The highest BCUT2D eigenvalue weighted by Gasteiger charge is 2.29. The SMILES string of the molecule is CC(NC1CCCC1CN)C(C)(C)C. The largest absolute Gasteiger partial charge is 0.330 e. The number of hydrogen-bond donors (Lipinski definition) is 2. The predicted molar refractivity (Wildman–Crippen MR) is 62.2 cm³/mol. The monoisotopic (exact) mass is 198 g/mol. The summed E-state index contributed by atoms with van der Waals surface area (Å²) in [5, 5.41) is 3.74. The van der Waals surface area contributed by atoms with Crippen LogP contribution in [0.25, 0.3) is 0 Å². The van der Waals surface area contributed by atoms with Crippen molar-refractivity contribution in [1.29, 1.82) is 0 Å². The number of nitrogens with one attached hydrogen (secondary N) is 1. The normalized spacial score (nSPS) is 30.6. The van der Waals surface area contributed by atoms with Gasteiger partial charge in [0.25, 0.3) is 0 Å². The second-order valence-electron chi connectivity index (χ2n) is 5.79. The minimum Gasteiger partial charge on any atom is -0.330 e. The molecule has 1 rings (SSSR count). The van der Waals surface area contributed by atoms with E-state index in [1.165, 1.54) is 19.3 Å². The first-order valence-corrected chi connectivity index (χ1v) is 5.91. The van der Waals surface area contributed by atoms with Gasteiger partial charge < -0.3 is 11.1 Å². The number of hydrogen-bond acceptors (Lipinski definition) is 2. The molecule has 0 aromatic carbocycles. The minimum atomic E-state index is 0.349. The molecule has 0 amide bonds. The maximum absolute atomic E-state index is 5.77. The Labute approximate surface area is 88.6 Å². The van der Waals surface area contributed by atoms with E-state index in [9.17, 15) is 0 Å². The van der Waals surface area contributed by atoms with E-state index in [1.807, 2.05) is 0 Å². The van der Waals surface area contributed by atoms with Crippen LogP contribution in [0, 0.1) is 11.3 Å². The van der Waals surface area contributed by atoms with Crippen LogP contribution in [-0.2, 0) is 0 Å². The fraction of sp³-hybridized carbons (Fsp3) is 1.00. The smallest absolute Gasteiger partial charge is 0.0110 e. The van der Waals surface area contributed by atoms with Gasteiger partial charge >= 0.3 is 0 Å². The van der Waals surface area contributed by atoms with Crippen molar-refractivity contribution in [3.8, 4) is 0 Å². The van der Waals surface area contributed by atoms with Crippen molar-refractivity contribution in [2.24, 2.45) is 17.1 Å². The standard InChI is InChI=1S/C12H26N2/c1-9(12(2,3)4)14-11-7-5-6-10(11)8-13/h9-11,14H,5-8,13H2,1-4H3. The summed E-state index contributed by atoms with van der Waals surface area (Å²) in [6.45, 7) is 9.99. The van der Waals surface area contributed by atoms with Gasteiger partial charge in [-0.3, -0.25) is 0 Å². The quantitative estimate of drug-likeness (QED) is 0.729. The van der Waals surface area contributed by atoms with Crippen LogP contribution >= 0.6 is 0 Å². The molecule has 1 fully saturated rings. The first kappa shape index (κ1) is 12.0. The third-order valence-electron chi connectivity index (χ3n) is 3.72. The van der Waals surface area contributed by atoms with Crippen molar-refractivity contribution < 1.29 is 0 Å². The predicted octanol–water partition coefficient (Wildman–Crippen LogP) is 2.14. The molecule has 0 aromatic rings. The second kappa shape index (κ2) is 4.63. The summed E-state index contributed by atoms with van der Waals surface area (Å²) in [6.07, 6.45) is 3.96. The summed E-state index contributed by atoms with van der Waals surface area (Å²) in [5.74, 6) is 0.708. The van der Waals surface area contributed by atoms with Gasteiger partial charge in [0.05, 0.1) is 0 Å². The maximum atomic E-state index is 5.77. The maximum Gasteiger partial charge on any atom is 0.0110 e. The molecule has 2 nitrogen and oxygen atoms in total. The lowest BCUT2D eigenvalue weighted by Crippen LogP contribution is -2.46. The van der Waals surface area contributed by atoms with E-state index in [0.717, 1.165) is 6.54 Å². The lowest BCUT2D eigenvalue weighted by molar-refractivity contribution is 0.244. The van der Waals surface area contributed by atoms with Crippen molar-refractivity contribution in [1.82, 2.24) is 5.32 Å². The van der Waals surface area contributed by atoms with E-state index in [1.54, 1.807) is 0 Å². The molecule has 0 bridgehead atoms. The highest BCUT2D eigenvalue weighted by Crippen LogP contribution is 2.27. The van der Waals surface area contributed by atoms with E-state index in [0.29, 0.717) is 23.4 Å². The molecule has 14 heavy (non-hydrogen) atoms. The van der Waals surface area contributed by atoms with Crippen molar-refractivity contribution in [3.05, 3.63) is 0 Å². The van der Waals surface area contributed by atoms with Crippen molar-refractivity contribution in [2.45, 2.75) is 59.0 Å². The zero-order chi connectivity index (χ0) is 10.8. The van der Waals surface area contributed by atoms with Crippen LogP contribution in [0.5, 0.6) is 0 Å². The molecule has 0 saturated heterocycles. The van der Waals surface area contributed by atoms with Crippen molar-refractivity contribution in [2.75, 3.05) is 6.54 Å². The molecule has 1 aliphatic carbocycles. The Morgan fingerprint density at radius 3 is 2.50 bits per heavy atom. The van der Waals surface area contributed by atoms with Crippen molar-refractivity contribution in [3.63, 3.8) is 0 Å². The molecule has 2 heteroatoms. The molecule has 0 spiro atoms. The molecule has 84 valence electrons. The fourth-order valence-electron chi connectivity index (χ4n) is 2.11. The van der Waals surface area contributed by atoms with Gasteiger partial charge in [0.1, 0.15) is 0 Å². The molecule has 0 aliphatic heterocycles. The molecule has 0 heterocycles. The Bertz CT molecular complexity index is 172. The van der Waals surface area contributed by atoms with Crippen LogP contribution in [0.2, 0.25) is 0 Å². The molecule has 3 N–H and O–H groups in total. The summed E-state index contributed by atoms with van der Waals surface area (Å²) < 4.78 is 0. The van der Waals surface area contributed by atoms with E-state index in [-0.39, 0.29) is 0 Å². The van der Waals surface area contributed by atoms with Crippen LogP contribution in [0.15, 0.2) is 0 Å². The molecule has 0 radical (unpaired) electrons. The molecule has 0 aromatic heterocycles.